The smallest absolute Gasteiger partial charge is 0.249 e. The fraction of sp³-hybridized carbons (Fsp3) is 0.600. The van der Waals surface area contributed by atoms with Crippen LogP contribution >= 0.6 is 11.6 Å². The van der Waals surface area contributed by atoms with E-state index in [4.69, 9.17) is 11.6 Å². The van der Waals surface area contributed by atoms with E-state index in [1.54, 1.807) is 13.0 Å². The molecule has 1 aliphatic heterocycles. The molecule has 2 heterocycles. The Hall–Kier alpha value is -0.720. The lowest BCUT2D eigenvalue weighted by Gasteiger charge is -2.21. The Morgan fingerprint density at radius 2 is 2.24 bits per heavy atom. The third kappa shape index (κ3) is 2.75. The molecule has 0 aromatic carbocycles. The summed E-state index contributed by atoms with van der Waals surface area (Å²) < 4.78 is 24.5. The largest absolute Gasteiger partial charge is 0.315 e. The number of hydrogen-bond acceptors (Lipinski definition) is 5. The molecule has 0 aliphatic carbocycles. The monoisotopic (exact) mass is 275 g/mol. The van der Waals surface area contributed by atoms with Crippen molar-refractivity contribution in [3.63, 3.8) is 0 Å². The summed E-state index contributed by atoms with van der Waals surface area (Å²) in [5.41, 5.74) is 0.562. The van der Waals surface area contributed by atoms with Gasteiger partial charge in [0.15, 0.2) is 0 Å². The Labute approximate surface area is 106 Å². The molecule has 0 bridgehead atoms. The summed E-state index contributed by atoms with van der Waals surface area (Å²) >= 11 is 5.76. The normalized spacial score (nSPS) is 21.4. The van der Waals surface area contributed by atoms with Crippen LogP contribution in [0.5, 0.6) is 0 Å². The number of rotatable bonds is 2. The van der Waals surface area contributed by atoms with Gasteiger partial charge in [-0.25, -0.2) is 18.4 Å². The van der Waals surface area contributed by atoms with Crippen LogP contribution in [-0.2, 0) is 9.84 Å². The maximum Gasteiger partial charge on any atom is 0.249 e. The van der Waals surface area contributed by atoms with Gasteiger partial charge in [0.25, 0.3) is 0 Å². The van der Waals surface area contributed by atoms with E-state index >= 15 is 0 Å². The molecule has 2 rings (SSSR count). The lowest BCUT2D eigenvalue weighted by atomic mass is 10.2. The molecule has 1 aliphatic rings. The first kappa shape index (κ1) is 12.7. The van der Waals surface area contributed by atoms with Crippen molar-refractivity contribution in [2.24, 2.45) is 0 Å². The molecule has 0 spiro atoms. The highest BCUT2D eigenvalue weighted by atomic mass is 35.5. The zero-order valence-corrected chi connectivity index (χ0v) is 11.1. The SMILES string of the molecule is Cc1cc(Cl)nc(S(=O)(=O)C2CCCNC2)n1. The van der Waals surface area contributed by atoms with Crippen LogP contribution in [0.1, 0.15) is 18.5 Å². The van der Waals surface area contributed by atoms with Crippen LogP contribution in [-0.4, -0.2) is 36.7 Å². The highest BCUT2D eigenvalue weighted by Crippen LogP contribution is 2.19. The Morgan fingerprint density at radius 3 is 2.82 bits per heavy atom. The molecule has 1 N–H and O–H groups in total. The van der Waals surface area contributed by atoms with Crippen molar-refractivity contribution in [2.75, 3.05) is 13.1 Å². The highest BCUT2D eigenvalue weighted by molar-refractivity contribution is 7.91. The molecular weight excluding hydrogens is 262 g/mol. The third-order valence-corrected chi connectivity index (χ3v) is 4.91. The molecule has 0 radical (unpaired) electrons. The van der Waals surface area contributed by atoms with Crippen LogP contribution in [0.15, 0.2) is 11.2 Å². The van der Waals surface area contributed by atoms with Gasteiger partial charge in [-0.2, -0.15) is 0 Å². The van der Waals surface area contributed by atoms with E-state index in [0.717, 1.165) is 13.0 Å². The summed E-state index contributed by atoms with van der Waals surface area (Å²) in [6.07, 6.45) is 1.49. The van der Waals surface area contributed by atoms with E-state index in [9.17, 15) is 8.42 Å². The highest BCUT2D eigenvalue weighted by Gasteiger charge is 2.31. The van der Waals surface area contributed by atoms with Crippen LogP contribution in [0.2, 0.25) is 5.15 Å². The van der Waals surface area contributed by atoms with Crippen molar-refractivity contribution < 1.29 is 8.42 Å². The summed E-state index contributed by atoms with van der Waals surface area (Å²) in [6, 6.07) is 1.54. The molecular formula is C10H14ClN3O2S. The van der Waals surface area contributed by atoms with Crippen LogP contribution < -0.4 is 5.32 Å². The molecule has 5 nitrogen and oxygen atoms in total. The maximum absolute atomic E-state index is 12.3. The zero-order chi connectivity index (χ0) is 12.5. The molecule has 1 saturated heterocycles. The number of sulfone groups is 1. The second-order valence-electron chi connectivity index (χ2n) is 4.13. The number of aromatic nitrogens is 2. The van der Waals surface area contributed by atoms with E-state index in [1.807, 2.05) is 0 Å². The maximum atomic E-state index is 12.3. The second kappa shape index (κ2) is 4.88. The number of aryl methyl sites for hydroxylation is 1. The summed E-state index contributed by atoms with van der Waals surface area (Å²) in [4.78, 5) is 7.79. The van der Waals surface area contributed by atoms with Gasteiger partial charge < -0.3 is 5.32 Å². The lowest BCUT2D eigenvalue weighted by molar-refractivity contribution is 0.493. The Bertz CT molecular complexity index is 492. The van der Waals surface area contributed by atoms with Gasteiger partial charge in [-0.15, -0.1) is 0 Å². The summed E-state index contributed by atoms with van der Waals surface area (Å²) in [6.45, 7) is 3.02. The minimum Gasteiger partial charge on any atom is -0.315 e. The molecule has 0 saturated carbocycles. The van der Waals surface area contributed by atoms with Crippen LogP contribution in [0.3, 0.4) is 0 Å². The minimum atomic E-state index is -3.48. The van der Waals surface area contributed by atoms with E-state index in [2.05, 4.69) is 15.3 Å². The fourth-order valence-corrected chi connectivity index (χ4v) is 3.76. The van der Waals surface area contributed by atoms with E-state index in [0.29, 0.717) is 18.7 Å². The third-order valence-electron chi connectivity index (χ3n) is 2.75. The molecule has 17 heavy (non-hydrogen) atoms. The molecule has 7 heteroatoms. The van der Waals surface area contributed by atoms with Gasteiger partial charge in [-0.05, 0) is 32.4 Å². The molecule has 94 valence electrons. The number of nitrogens with one attached hydrogen (secondary N) is 1. The zero-order valence-electron chi connectivity index (χ0n) is 9.48. The van der Waals surface area contributed by atoms with E-state index in [1.165, 1.54) is 0 Å². The first-order chi connectivity index (χ1) is 8.00. The number of piperidine rings is 1. The van der Waals surface area contributed by atoms with Gasteiger partial charge in [0, 0.05) is 12.2 Å². The van der Waals surface area contributed by atoms with Crippen molar-refractivity contribution in [1.29, 1.82) is 0 Å². The standard InChI is InChI=1S/C10H14ClN3O2S/c1-7-5-9(11)14-10(13-7)17(15,16)8-3-2-4-12-6-8/h5,8,12H,2-4,6H2,1H3. The van der Waals surface area contributed by atoms with Gasteiger partial charge in [0.2, 0.25) is 15.0 Å². The van der Waals surface area contributed by atoms with E-state index < -0.39 is 15.1 Å². The first-order valence-electron chi connectivity index (χ1n) is 5.46. The topological polar surface area (TPSA) is 72.0 Å². The van der Waals surface area contributed by atoms with Crippen molar-refractivity contribution in [3.8, 4) is 0 Å². The minimum absolute atomic E-state index is 0.156. The predicted molar refractivity (Wildman–Crippen MR) is 64.9 cm³/mol. The number of nitrogens with zero attached hydrogens (tertiary/aromatic N) is 2. The second-order valence-corrected chi connectivity index (χ2v) is 6.64. The van der Waals surface area contributed by atoms with Crippen LogP contribution in [0, 0.1) is 6.92 Å². The van der Waals surface area contributed by atoms with Crippen molar-refractivity contribution in [2.45, 2.75) is 30.2 Å². The van der Waals surface area contributed by atoms with Gasteiger partial charge in [0.1, 0.15) is 5.15 Å². The lowest BCUT2D eigenvalue weighted by Crippen LogP contribution is -2.39. The molecule has 1 atom stereocenters. The van der Waals surface area contributed by atoms with Crippen molar-refractivity contribution in [3.05, 3.63) is 16.9 Å². The summed E-state index contributed by atoms with van der Waals surface area (Å²) in [5.74, 6) is 0. The van der Waals surface area contributed by atoms with Crippen LogP contribution in [0.4, 0.5) is 0 Å². The quantitative estimate of drug-likeness (QED) is 0.643. The van der Waals surface area contributed by atoms with E-state index in [-0.39, 0.29) is 10.3 Å². The van der Waals surface area contributed by atoms with Crippen molar-refractivity contribution in [1.82, 2.24) is 15.3 Å². The molecule has 1 aromatic heterocycles. The molecule has 1 aromatic rings. The van der Waals surface area contributed by atoms with Gasteiger partial charge in [-0.3, -0.25) is 0 Å². The molecule has 1 fully saturated rings. The van der Waals surface area contributed by atoms with Gasteiger partial charge >= 0.3 is 0 Å². The van der Waals surface area contributed by atoms with Crippen molar-refractivity contribution >= 4 is 21.4 Å². The predicted octanol–water partition coefficient (Wildman–Crippen LogP) is 0.964. The van der Waals surface area contributed by atoms with Gasteiger partial charge in [-0.1, -0.05) is 11.6 Å². The Kier molecular flexibility index (Phi) is 3.65. The average Bonchev–Trinajstić information content (AvgIpc) is 2.29. The summed E-state index contributed by atoms with van der Waals surface area (Å²) in [5, 5.41) is 2.63. The Morgan fingerprint density at radius 1 is 1.47 bits per heavy atom. The average molecular weight is 276 g/mol. The molecule has 0 amide bonds. The van der Waals surface area contributed by atoms with Crippen LogP contribution in [0.25, 0.3) is 0 Å². The fourth-order valence-electron chi connectivity index (χ4n) is 1.87. The number of hydrogen-bond donors (Lipinski definition) is 1. The summed E-state index contributed by atoms with van der Waals surface area (Å²) in [7, 11) is -3.48. The molecule has 1 unspecified atom stereocenters. The van der Waals surface area contributed by atoms with Gasteiger partial charge in [0.05, 0.1) is 5.25 Å². The Balaban J connectivity index is 2.36. The first-order valence-corrected chi connectivity index (χ1v) is 7.38. The number of halogens is 1.